The molecule has 0 amide bonds. The second-order valence-corrected chi connectivity index (χ2v) is 4.21. The first-order valence-corrected chi connectivity index (χ1v) is 5.49. The Kier molecular flexibility index (Phi) is 4.57. The Hall–Kier alpha value is -1.78. The predicted octanol–water partition coefficient (Wildman–Crippen LogP) is 3.27. The highest BCUT2D eigenvalue weighted by Gasteiger charge is 2.08. The van der Waals surface area contributed by atoms with Crippen LogP contribution in [-0.2, 0) is 9.53 Å². The van der Waals surface area contributed by atoms with Crippen molar-refractivity contribution in [1.29, 1.82) is 0 Å². The third kappa shape index (κ3) is 3.42. The van der Waals surface area contributed by atoms with E-state index >= 15 is 0 Å². The quantitative estimate of drug-likeness (QED) is 0.265. The lowest BCUT2D eigenvalue weighted by Gasteiger charge is -1.99. The van der Waals surface area contributed by atoms with Crippen LogP contribution in [0.3, 0.4) is 0 Å². The van der Waals surface area contributed by atoms with Gasteiger partial charge in [0.1, 0.15) is 5.70 Å². The van der Waals surface area contributed by atoms with Gasteiger partial charge in [-0.05, 0) is 37.6 Å². The molecule has 1 aromatic heterocycles. The fourth-order valence-electron chi connectivity index (χ4n) is 1.05. The lowest BCUT2D eigenvalue weighted by Crippen LogP contribution is -2.05. The predicted molar refractivity (Wildman–Crippen MR) is 62.8 cm³/mol. The average molecular weight is 237 g/mol. The van der Waals surface area contributed by atoms with E-state index in [1.54, 1.807) is 6.92 Å². The SMILES string of the molecule is CCOC(=O)C(=Cc1ccc(C)s1)N=[N+]=[N-]. The fraction of sp³-hybridized carbons (Fsp3) is 0.300. The van der Waals surface area contributed by atoms with E-state index in [4.69, 9.17) is 10.3 Å². The lowest BCUT2D eigenvalue weighted by molar-refractivity contribution is -0.138. The van der Waals surface area contributed by atoms with E-state index in [-0.39, 0.29) is 12.3 Å². The summed E-state index contributed by atoms with van der Waals surface area (Å²) in [5, 5.41) is 3.32. The molecular formula is C10H11N3O2S. The van der Waals surface area contributed by atoms with E-state index in [1.807, 2.05) is 19.1 Å². The van der Waals surface area contributed by atoms with Crippen molar-refractivity contribution >= 4 is 23.4 Å². The van der Waals surface area contributed by atoms with Crippen LogP contribution >= 0.6 is 11.3 Å². The molecule has 6 heteroatoms. The van der Waals surface area contributed by atoms with Gasteiger partial charge in [0.05, 0.1) is 6.61 Å². The Morgan fingerprint density at radius 1 is 1.69 bits per heavy atom. The molecule has 0 aliphatic rings. The highest BCUT2D eigenvalue weighted by atomic mass is 32.1. The molecule has 0 aliphatic heterocycles. The van der Waals surface area contributed by atoms with Crippen molar-refractivity contribution in [2.45, 2.75) is 13.8 Å². The molecule has 0 bridgehead atoms. The molecule has 84 valence electrons. The number of azide groups is 1. The Balaban J connectivity index is 2.97. The Morgan fingerprint density at radius 2 is 2.44 bits per heavy atom. The van der Waals surface area contributed by atoms with Crippen molar-refractivity contribution in [3.8, 4) is 0 Å². The monoisotopic (exact) mass is 237 g/mol. The van der Waals surface area contributed by atoms with Gasteiger partial charge in [0.15, 0.2) is 0 Å². The van der Waals surface area contributed by atoms with Crippen LogP contribution in [0.1, 0.15) is 16.7 Å². The molecular weight excluding hydrogens is 226 g/mol. The summed E-state index contributed by atoms with van der Waals surface area (Å²) in [5.74, 6) is -0.605. The zero-order valence-electron chi connectivity index (χ0n) is 9.01. The largest absolute Gasteiger partial charge is 0.462 e. The number of aryl methyl sites for hydroxylation is 1. The topological polar surface area (TPSA) is 75.1 Å². The Labute approximate surface area is 97.0 Å². The molecule has 0 fully saturated rings. The fourth-order valence-corrected chi connectivity index (χ4v) is 1.86. The molecule has 0 atom stereocenters. The van der Waals surface area contributed by atoms with Gasteiger partial charge in [0.25, 0.3) is 0 Å². The molecule has 0 saturated heterocycles. The Morgan fingerprint density at radius 3 is 2.94 bits per heavy atom. The van der Waals surface area contributed by atoms with Crippen LogP contribution in [0.2, 0.25) is 0 Å². The number of nitrogens with zero attached hydrogens (tertiary/aromatic N) is 3. The van der Waals surface area contributed by atoms with Crippen LogP contribution in [0.5, 0.6) is 0 Å². The van der Waals surface area contributed by atoms with Crippen molar-refractivity contribution in [1.82, 2.24) is 0 Å². The maximum atomic E-state index is 11.4. The van der Waals surface area contributed by atoms with Crippen LogP contribution in [0.15, 0.2) is 22.9 Å². The number of hydrogen-bond acceptors (Lipinski definition) is 4. The molecule has 0 N–H and O–H groups in total. The standard InChI is InChI=1S/C10H11N3O2S/c1-3-15-10(14)9(12-13-11)6-8-5-4-7(2)16-8/h4-6H,3H2,1-2H3. The summed E-state index contributed by atoms with van der Waals surface area (Å²) >= 11 is 1.51. The highest BCUT2D eigenvalue weighted by Crippen LogP contribution is 2.19. The summed E-state index contributed by atoms with van der Waals surface area (Å²) in [7, 11) is 0. The minimum absolute atomic E-state index is 0.0220. The molecule has 16 heavy (non-hydrogen) atoms. The van der Waals surface area contributed by atoms with Crippen LogP contribution in [-0.4, -0.2) is 12.6 Å². The second kappa shape index (κ2) is 5.95. The summed E-state index contributed by atoms with van der Waals surface area (Å²) < 4.78 is 4.77. The number of carbonyl (C=O) groups excluding carboxylic acids is 1. The van der Waals surface area contributed by atoms with Gasteiger partial charge < -0.3 is 4.74 Å². The highest BCUT2D eigenvalue weighted by molar-refractivity contribution is 7.12. The van der Waals surface area contributed by atoms with Crippen LogP contribution < -0.4 is 0 Å². The van der Waals surface area contributed by atoms with E-state index in [1.165, 1.54) is 17.4 Å². The van der Waals surface area contributed by atoms with Crippen molar-refractivity contribution in [2.75, 3.05) is 6.61 Å². The van der Waals surface area contributed by atoms with Gasteiger partial charge in [-0.1, -0.05) is 5.11 Å². The second-order valence-electron chi connectivity index (χ2n) is 2.89. The third-order valence-corrected chi connectivity index (χ3v) is 2.62. The number of thiophene rings is 1. The first kappa shape index (κ1) is 12.3. The summed E-state index contributed by atoms with van der Waals surface area (Å²) in [4.78, 5) is 16.0. The normalized spacial score (nSPS) is 10.8. The number of ether oxygens (including phenoxy) is 1. The molecule has 0 spiro atoms. The van der Waals surface area contributed by atoms with E-state index in [9.17, 15) is 4.79 Å². The molecule has 1 heterocycles. The molecule has 1 rings (SSSR count). The Bertz CT molecular complexity index is 458. The molecule has 1 aromatic rings. The third-order valence-electron chi connectivity index (χ3n) is 1.68. The van der Waals surface area contributed by atoms with E-state index < -0.39 is 5.97 Å². The van der Waals surface area contributed by atoms with Crippen LogP contribution in [0.4, 0.5) is 0 Å². The van der Waals surface area contributed by atoms with Crippen molar-refractivity contribution in [2.24, 2.45) is 5.11 Å². The molecule has 0 radical (unpaired) electrons. The van der Waals surface area contributed by atoms with Gasteiger partial charge in [0, 0.05) is 14.7 Å². The van der Waals surface area contributed by atoms with Crippen LogP contribution in [0, 0.1) is 6.92 Å². The molecule has 0 aliphatic carbocycles. The first-order chi connectivity index (χ1) is 7.67. The van der Waals surface area contributed by atoms with Gasteiger partial charge in [0.2, 0.25) is 0 Å². The van der Waals surface area contributed by atoms with Gasteiger partial charge in [-0.3, -0.25) is 0 Å². The zero-order valence-corrected chi connectivity index (χ0v) is 9.82. The van der Waals surface area contributed by atoms with Crippen molar-refractivity contribution < 1.29 is 9.53 Å². The summed E-state index contributed by atoms with van der Waals surface area (Å²) in [6, 6.07) is 3.78. The molecule has 0 saturated carbocycles. The number of esters is 1. The number of carbonyl (C=O) groups is 1. The van der Waals surface area contributed by atoms with Crippen molar-refractivity contribution in [3.05, 3.63) is 38.0 Å². The van der Waals surface area contributed by atoms with E-state index in [0.717, 1.165) is 9.75 Å². The first-order valence-electron chi connectivity index (χ1n) is 4.67. The number of hydrogen-bond donors (Lipinski definition) is 0. The van der Waals surface area contributed by atoms with E-state index in [0.29, 0.717) is 0 Å². The van der Waals surface area contributed by atoms with Crippen LogP contribution in [0.25, 0.3) is 16.5 Å². The van der Waals surface area contributed by atoms with E-state index in [2.05, 4.69) is 10.0 Å². The summed E-state index contributed by atoms with van der Waals surface area (Å²) in [6.45, 7) is 3.90. The van der Waals surface area contributed by atoms with Gasteiger partial charge in [-0.2, -0.15) is 0 Å². The molecule has 0 aromatic carbocycles. The average Bonchev–Trinajstić information content (AvgIpc) is 2.64. The lowest BCUT2D eigenvalue weighted by atomic mass is 10.3. The van der Waals surface area contributed by atoms with Crippen molar-refractivity contribution in [3.63, 3.8) is 0 Å². The zero-order chi connectivity index (χ0) is 12.0. The van der Waals surface area contributed by atoms with Gasteiger partial charge in [-0.15, -0.1) is 11.3 Å². The molecule has 0 unspecified atom stereocenters. The smallest absolute Gasteiger partial charge is 0.340 e. The maximum absolute atomic E-state index is 11.4. The minimum atomic E-state index is -0.605. The molecule has 5 nitrogen and oxygen atoms in total. The summed E-state index contributed by atoms with van der Waals surface area (Å²) in [5.41, 5.74) is 8.33. The maximum Gasteiger partial charge on any atom is 0.340 e. The van der Waals surface area contributed by atoms with Gasteiger partial charge in [-0.25, -0.2) is 4.79 Å². The minimum Gasteiger partial charge on any atom is -0.462 e. The number of rotatable bonds is 4. The summed E-state index contributed by atoms with van der Waals surface area (Å²) in [6.07, 6.45) is 1.52. The van der Waals surface area contributed by atoms with Gasteiger partial charge >= 0.3 is 5.97 Å².